The van der Waals surface area contributed by atoms with Crippen LogP contribution in [-0.2, 0) is 0 Å². The fraction of sp³-hybridized carbons (Fsp3) is 0.0909. The number of fused-ring (bicyclic) bond motifs is 1. The van der Waals surface area contributed by atoms with Gasteiger partial charge in [-0.05, 0) is 19.1 Å². The summed E-state index contributed by atoms with van der Waals surface area (Å²) in [6.45, 7) is 2.06. The van der Waals surface area contributed by atoms with E-state index in [9.17, 15) is 4.79 Å². The molecule has 0 spiro atoms. The van der Waals surface area contributed by atoms with E-state index in [1.807, 2.05) is 11.4 Å². The van der Waals surface area contributed by atoms with Crippen LogP contribution in [0.5, 0.6) is 0 Å². The minimum Gasteiger partial charge on any atom is -0.313 e. The van der Waals surface area contributed by atoms with E-state index in [1.165, 1.54) is 22.5 Å². The number of aromatic amines is 1. The molecule has 80 valence electrons. The number of H-pyrrole nitrogens is 1. The SMILES string of the molecule is Cc1ccc(-c2csc3nc[nH]c(=O)c23)s1. The van der Waals surface area contributed by atoms with Gasteiger partial charge < -0.3 is 4.98 Å². The lowest BCUT2D eigenvalue weighted by Crippen LogP contribution is -2.04. The first-order valence-corrected chi connectivity index (χ1v) is 6.47. The second-order valence-electron chi connectivity index (χ2n) is 3.47. The van der Waals surface area contributed by atoms with Crippen molar-refractivity contribution in [3.05, 3.63) is 39.1 Å². The molecule has 3 aromatic heterocycles. The molecule has 1 N–H and O–H groups in total. The molecule has 0 aliphatic heterocycles. The van der Waals surface area contributed by atoms with Gasteiger partial charge in [-0.1, -0.05) is 0 Å². The first-order chi connectivity index (χ1) is 7.75. The topological polar surface area (TPSA) is 45.8 Å². The summed E-state index contributed by atoms with van der Waals surface area (Å²) >= 11 is 3.20. The maximum Gasteiger partial charge on any atom is 0.260 e. The molecule has 0 aliphatic rings. The maximum atomic E-state index is 11.8. The normalized spacial score (nSPS) is 11.1. The van der Waals surface area contributed by atoms with Crippen LogP contribution >= 0.6 is 22.7 Å². The van der Waals surface area contributed by atoms with Crippen LogP contribution in [0.15, 0.2) is 28.6 Å². The first-order valence-electron chi connectivity index (χ1n) is 4.77. The zero-order valence-corrected chi connectivity index (χ0v) is 10.1. The molecule has 3 nitrogen and oxygen atoms in total. The van der Waals surface area contributed by atoms with Gasteiger partial charge in [0.15, 0.2) is 0 Å². The van der Waals surface area contributed by atoms with E-state index < -0.39 is 0 Å². The number of hydrogen-bond acceptors (Lipinski definition) is 4. The maximum absolute atomic E-state index is 11.8. The van der Waals surface area contributed by atoms with Crippen LogP contribution in [-0.4, -0.2) is 9.97 Å². The second-order valence-corrected chi connectivity index (χ2v) is 5.62. The third-order valence-corrected chi connectivity index (χ3v) is 4.30. The van der Waals surface area contributed by atoms with Crippen LogP contribution in [0.1, 0.15) is 4.88 Å². The van der Waals surface area contributed by atoms with Crippen molar-refractivity contribution in [1.29, 1.82) is 0 Å². The van der Waals surface area contributed by atoms with Gasteiger partial charge in [0.25, 0.3) is 5.56 Å². The highest BCUT2D eigenvalue weighted by Crippen LogP contribution is 2.34. The van der Waals surface area contributed by atoms with Gasteiger partial charge in [0.1, 0.15) is 4.83 Å². The molecular formula is C11H8N2OS2. The van der Waals surface area contributed by atoms with Gasteiger partial charge in [-0.15, -0.1) is 22.7 Å². The van der Waals surface area contributed by atoms with E-state index in [1.54, 1.807) is 11.3 Å². The van der Waals surface area contributed by atoms with Crippen molar-refractivity contribution in [2.24, 2.45) is 0 Å². The Morgan fingerprint density at radius 3 is 3.00 bits per heavy atom. The van der Waals surface area contributed by atoms with Crippen LogP contribution < -0.4 is 5.56 Å². The number of thiophene rings is 2. The quantitative estimate of drug-likeness (QED) is 0.719. The Labute approximate surface area is 99.4 Å². The fourth-order valence-electron chi connectivity index (χ4n) is 1.64. The van der Waals surface area contributed by atoms with Crippen LogP contribution in [0.25, 0.3) is 20.7 Å². The largest absolute Gasteiger partial charge is 0.313 e. The van der Waals surface area contributed by atoms with Crippen molar-refractivity contribution in [3.63, 3.8) is 0 Å². The van der Waals surface area contributed by atoms with Gasteiger partial charge in [0, 0.05) is 20.7 Å². The number of nitrogens with zero attached hydrogens (tertiary/aromatic N) is 1. The summed E-state index contributed by atoms with van der Waals surface area (Å²) < 4.78 is 0. The zero-order valence-electron chi connectivity index (χ0n) is 8.48. The van der Waals surface area contributed by atoms with E-state index in [-0.39, 0.29) is 5.56 Å². The molecule has 0 saturated carbocycles. The average molecular weight is 248 g/mol. The molecule has 0 aromatic carbocycles. The Hall–Kier alpha value is -1.46. The van der Waals surface area contributed by atoms with Crippen molar-refractivity contribution in [2.45, 2.75) is 6.92 Å². The smallest absolute Gasteiger partial charge is 0.260 e. The molecule has 5 heteroatoms. The van der Waals surface area contributed by atoms with Crippen LogP contribution in [0.4, 0.5) is 0 Å². The Kier molecular flexibility index (Phi) is 2.15. The summed E-state index contributed by atoms with van der Waals surface area (Å²) in [6.07, 6.45) is 1.45. The Balaban J connectivity index is 2.37. The van der Waals surface area contributed by atoms with Gasteiger partial charge in [-0.25, -0.2) is 4.98 Å². The molecule has 3 rings (SSSR count). The second kappa shape index (κ2) is 3.54. The van der Waals surface area contributed by atoms with E-state index in [0.717, 1.165) is 15.3 Å². The van der Waals surface area contributed by atoms with Crippen LogP contribution in [0, 0.1) is 6.92 Å². The minimum absolute atomic E-state index is 0.0627. The van der Waals surface area contributed by atoms with Gasteiger partial charge >= 0.3 is 0 Å². The Bertz CT molecular complexity index is 708. The van der Waals surface area contributed by atoms with E-state index >= 15 is 0 Å². The summed E-state index contributed by atoms with van der Waals surface area (Å²) in [6, 6.07) is 4.11. The Morgan fingerprint density at radius 2 is 2.25 bits per heavy atom. The monoisotopic (exact) mass is 248 g/mol. The summed E-state index contributed by atoms with van der Waals surface area (Å²) in [4.78, 5) is 21.7. The number of aryl methyl sites for hydroxylation is 1. The lowest BCUT2D eigenvalue weighted by Gasteiger charge is -1.92. The summed E-state index contributed by atoms with van der Waals surface area (Å²) in [7, 11) is 0. The molecule has 0 radical (unpaired) electrons. The van der Waals surface area contributed by atoms with Gasteiger partial charge in [0.05, 0.1) is 11.7 Å². The molecule has 0 fully saturated rings. The van der Waals surface area contributed by atoms with Crippen molar-refractivity contribution in [3.8, 4) is 10.4 Å². The molecule has 3 aromatic rings. The molecule has 16 heavy (non-hydrogen) atoms. The molecular weight excluding hydrogens is 240 g/mol. The van der Waals surface area contributed by atoms with E-state index in [2.05, 4.69) is 23.0 Å². The van der Waals surface area contributed by atoms with Crippen molar-refractivity contribution in [1.82, 2.24) is 9.97 Å². The van der Waals surface area contributed by atoms with Crippen molar-refractivity contribution in [2.75, 3.05) is 0 Å². The molecule has 0 bridgehead atoms. The van der Waals surface area contributed by atoms with Gasteiger partial charge in [0.2, 0.25) is 0 Å². The third-order valence-electron chi connectivity index (χ3n) is 2.38. The highest BCUT2D eigenvalue weighted by atomic mass is 32.1. The highest BCUT2D eigenvalue weighted by Gasteiger charge is 2.11. The van der Waals surface area contributed by atoms with Crippen LogP contribution in [0.3, 0.4) is 0 Å². The van der Waals surface area contributed by atoms with Gasteiger partial charge in [-0.2, -0.15) is 0 Å². The first kappa shape index (κ1) is 9.74. The summed E-state index contributed by atoms with van der Waals surface area (Å²) in [5.74, 6) is 0. The van der Waals surface area contributed by atoms with Crippen molar-refractivity contribution < 1.29 is 0 Å². The Morgan fingerprint density at radius 1 is 1.38 bits per heavy atom. The van der Waals surface area contributed by atoms with Crippen LogP contribution in [0.2, 0.25) is 0 Å². The number of hydrogen-bond donors (Lipinski definition) is 1. The molecule has 3 heterocycles. The third kappa shape index (κ3) is 1.40. The minimum atomic E-state index is -0.0627. The molecule has 0 amide bonds. The number of aromatic nitrogens is 2. The predicted molar refractivity (Wildman–Crippen MR) is 68.3 cm³/mol. The highest BCUT2D eigenvalue weighted by molar-refractivity contribution is 7.19. The molecule has 0 unspecified atom stereocenters. The lowest BCUT2D eigenvalue weighted by atomic mass is 10.2. The molecule has 0 aliphatic carbocycles. The predicted octanol–water partition coefficient (Wildman–Crippen LogP) is 3.02. The number of rotatable bonds is 1. The average Bonchev–Trinajstić information content (AvgIpc) is 2.84. The number of nitrogens with one attached hydrogen (secondary N) is 1. The summed E-state index contributed by atoms with van der Waals surface area (Å²) in [5, 5.41) is 2.70. The summed E-state index contributed by atoms with van der Waals surface area (Å²) in [5.41, 5.74) is 0.930. The molecule has 0 saturated heterocycles. The zero-order chi connectivity index (χ0) is 11.1. The molecule has 0 atom stereocenters. The van der Waals surface area contributed by atoms with E-state index in [4.69, 9.17) is 0 Å². The lowest BCUT2D eigenvalue weighted by molar-refractivity contribution is 1.18. The van der Waals surface area contributed by atoms with Gasteiger partial charge in [-0.3, -0.25) is 4.79 Å². The standard InChI is InChI=1S/C11H8N2OS2/c1-6-2-3-8(16-6)7-4-15-11-9(7)10(14)12-5-13-11/h2-5H,1H3,(H,12,13,14). The van der Waals surface area contributed by atoms with E-state index in [0.29, 0.717) is 5.39 Å². The fourth-order valence-corrected chi connectivity index (χ4v) is 3.52. The van der Waals surface area contributed by atoms with Crippen molar-refractivity contribution >= 4 is 32.9 Å².